The molecule has 2 heterocycles. The van der Waals surface area contributed by atoms with Crippen LogP contribution in [-0.4, -0.2) is 45.8 Å². The summed E-state index contributed by atoms with van der Waals surface area (Å²) in [6.07, 6.45) is -1.26. The van der Waals surface area contributed by atoms with E-state index in [0.29, 0.717) is 13.0 Å². The van der Waals surface area contributed by atoms with E-state index in [1.165, 1.54) is 0 Å². The number of anilines is 1. The van der Waals surface area contributed by atoms with Crippen LogP contribution in [0.3, 0.4) is 0 Å². The molecule has 2 aromatic carbocycles. The van der Waals surface area contributed by atoms with Gasteiger partial charge in [0.2, 0.25) is 0 Å². The number of fused-ring (bicyclic) bond motifs is 2. The van der Waals surface area contributed by atoms with Gasteiger partial charge >= 0.3 is 0 Å². The highest BCUT2D eigenvalue weighted by atomic mass is 16.3. The van der Waals surface area contributed by atoms with Crippen LogP contribution in [0.4, 0.5) is 5.69 Å². The molecule has 6 nitrogen and oxygen atoms in total. The highest BCUT2D eigenvalue weighted by Crippen LogP contribution is 2.33. The second kappa shape index (κ2) is 6.92. The minimum Gasteiger partial charge on any atom is -0.394 e. The number of aromatic nitrogens is 1. The molecule has 2 unspecified atom stereocenters. The van der Waals surface area contributed by atoms with Crippen LogP contribution in [-0.2, 0) is 0 Å². The van der Waals surface area contributed by atoms with Gasteiger partial charge in [-0.1, -0.05) is 36.4 Å². The van der Waals surface area contributed by atoms with Crippen LogP contribution in [0.5, 0.6) is 0 Å². The Morgan fingerprint density at radius 3 is 2.73 bits per heavy atom. The summed E-state index contributed by atoms with van der Waals surface area (Å²) < 4.78 is 0. The van der Waals surface area contributed by atoms with Crippen LogP contribution in [0, 0.1) is 0 Å². The summed E-state index contributed by atoms with van der Waals surface area (Å²) in [5.74, 6) is 0. The molecule has 1 aromatic heterocycles. The highest BCUT2D eigenvalue weighted by molar-refractivity contribution is 5.99. The Balaban J connectivity index is 1.83. The second-order valence-corrected chi connectivity index (χ2v) is 6.41. The van der Waals surface area contributed by atoms with Crippen LogP contribution < -0.4 is 15.9 Å². The number of H-pyrrole nitrogens is 1. The lowest BCUT2D eigenvalue weighted by Crippen LogP contribution is -2.23. The summed E-state index contributed by atoms with van der Waals surface area (Å²) in [7, 11) is 0. The SMILES string of the molecule is OCC(O)CCNc1c(C2=c3ccccc3=NC2O)[nH]c2ccccc12. The molecule has 4 rings (SSSR count). The van der Waals surface area contributed by atoms with E-state index in [2.05, 4.69) is 15.3 Å². The first-order chi connectivity index (χ1) is 12.7. The lowest BCUT2D eigenvalue weighted by Gasteiger charge is -2.13. The van der Waals surface area contributed by atoms with E-state index < -0.39 is 12.3 Å². The zero-order chi connectivity index (χ0) is 18.1. The van der Waals surface area contributed by atoms with Gasteiger partial charge in [0, 0.05) is 28.2 Å². The van der Waals surface area contributed by atoms with Crippen molar-refractivity contribution in [3.05, 3.63) is 64.8 Å². The number of aromatic amines is 1. The number of aliphatic hydroxyl groups excluding tert-OH is 3. The van der Waals surface area contributed by atoms with Crippen molar-refractivity contribution in [1.82, 2.24) is 4.98 Å². The van der Waals surface area contributed by atoms with Gasteiger partial charge in [0.1, 0.15) is 0 Å². The Bertz CT molecular complexity index is 1060. The highest BCUT2D eigenvalue weighted by Gasteiger charge is 2.24. The molecule has 1 aliphatic rings. The molecule has 0 fully saturated rings. The number of rotatable bonds is 6. The minimum absolute atomic E-state index is 0.259. The fourth-order valence-corrected chi connectivity index (χ4v) is 3.40. The van der Waals surface area contributed by atoms with Crippen molar-refractivity contribution in [3.8, 4) is 0 Å². The standard InChI is InChI=1S/C20H21N3O3/c24-11-12(25)9-10-21-18-14-6-2-4-8-16(14)22-19(18)17-13-5-1-3-7-15(13)23-20(17)26/h1-8,12,20-22,24-26H,9-11H2. The van der Waals surface area contributed by atoms with Crippen molar-refractivity contribution in [1.29, 1.82) is 0 Å². The molecule has 26 heavy (non-hydrogen) atoms. The molecule has 0 spiro atoms. The van der Waals surface area contributed by atoms with Gasteiger partial charge < -0.3 is 25.6 Å². The molecule has 6 heteroatoms. The molecular formula is C20H21N3O3. The molecule has 0 saturated carbocycles. The first-order valence-electron chi connectivity index (χ1n) is 8.68. The molecule has 2 atom stereocenters. The van der Waals surface area contributed by atoms with Crippen LogP contribution >= 0.6 is 0 Å². The summed E-state index contributed by atoms with van der Waals surface area (Å²) in [6.45, 7) is 0.240. The second-order valence-electron chi connectivity index (χ2n) is 6.41. The van der Waals surface area contributed by atoms with Gasteiger partial charge in [-0.2, -0.15) is 0 Å². The topological polar surface area (TPSA) is 101 Å². The first-order valence-corrected chi connectivity index (χ1v) is 8.68. The molecular weight excluding hydrogens is 330 g/mol. The molecule has 1 aliphatic heterocycles. The Labute approximate surface area is 150 Å². The maximum Gasteiger partial charge on any atom is 0.174 e. The van der Waals surface area contributed by atoms with E-state index in [-0.39, 0.29) is 6.61 Å². The van der Waals surface area contributed by atoms with Crippen molar-refractivity contribution in [2.45, 2.75) is 18.8 Å². The molecule has 0 bridgehead atoms. The molecule has 0 amide bonds. The smallest absolute Gasteiger partial charge is 0.174 e. The van der Waals surface area contributed by atoms with Crippen molar-refractivity contribution in [3.63, 3.8) is 0 Å². The van der Waals surface area contributed by atoms with Gasteiger partial charge in [0.05, 0.1) is 29.4 Å². The molecule has 0 radical (unpaired) electrons. The average molecular weight is 351 g/mol. The van der Waals surface area contributed by atoms with Crippen molar-refractivity contribution in [2.24, 2.45) is 4.99 Å². The fourth-order valence-electron chi connectivity index (χ4n) is 3.40. The summed E-state index contributed by atoms with van der Waals surface area (Å²) >= 11 is 0. The average Bonchev–Trinajstić information content (AvgIpc) is 3.18. The number of benzene rings is 2. The lowest BCUT2D eigenvalue weighted by atomic mass is 10.1. The van der Waals surface area contributed by atoms with Gasteiger partial charge in [-0.3, -0.25) is 0 Å². The summed E-state index contributed by atoms with van der Waals surface area (Å²) in [5.41, 5.74) is 3.36. The Kier molecular flexibility index (Phi) is 4.46. The third-order valence-electron chi connectivity index (χ3n) is 4.68. The van der Waals surface area contributed by atoms with Crippen molar-refractivity contribution < 1.29 is 15.3 Å². The van der Waals surface area contributed by atoms with E-state index in [4.69, 9.17) is 5.11 Å². The molecule has 3 aromatic rings. The number of hydrogen-bond donors (Lipinski definition) is 5. The van der Waals surface area contributed by atoms with E-state index in [0.717, 1.165) is 38.4 Å². The zero-order valence-corrected chi connectivity index (χ0v) is 14.2. The largest absolute Gasteiger partial charge is 0.394 e. The number of hydrogen-bond acceptors (Lipinski definition) is 5. The number of nitrogens with one attached hydrogen (secondary N) is 2. The van der Waals surface area contributed by atoms with E-state index in [9.17, 15) is 10.2 Å². The molecule has 0 saturated heterocycles. The molecule has 5 N–H and O–H groups in total. The predicted octanol–water partition coefficient (Wildman–Crippen LogP) is 0.474. The Morgan fingerprint density at radius 2 is 1.88 bits per heavy atom. The van der Waals surface area contributed by atoms with Crippen LogP contribution in [0.25, 0.3) is 16.5 Å². The number of aliphatic hydroxyl groups is 3. The lowest BCUT2D eigenvalue weighted by molar-refractivity contribution is 0.0911. The van der Waals surface area contributed by atoms with Gasteiger partial charge in [-0.05, 0) is 18.6 Å². The maximum atomic E-state index is 10.5. The van der Waals surface area contributed by atoms with Crippen LogP contribution in [0.2, 0.25) is 0 Å². The minimum atomic E-state index is -0.927. The first kappa shape index (κ1) is 16.8. The van der Waals surface area contributed by atoms with Gasteiger partial charge in [0.15, 0.2) is 6.23 Å². The summed E-state index contributed by atoms with van der Waals surface area (Å²) in [6, 6.07) is 15.6. The van der Waals surface area contributed by atoms with Crippen molar-refractivity contribution in [2.75, 3.05) is 18.5 Å². The van der Waals surface area contributed by atoms with Crippen molar-refractivity contribution >= 4 is 22.2 Å². The quantitative estimate of drug-likeness (QED) is 0.446. The maximum absolute atomic E-state index is 10.5. The summed E-state index contributed by atoms with van der Waals surface area (Å²) in [4.78, 5) is 7.74. The molecule has 134 valence electrons. The monoisotopic (exact) mass is 351 g/mol. The van der Waals surface area contributed by atoms with E-state index in [1.54, 1.807) is 0 Å². The number of nitrogens with zero attached hydrogens (tertiary/aromatic N) is 1. The third kappa shape index (κ3) is 2.88. The summed E-state index contributed by atoms with van der Waals surface area (Å²) in [5, 5.41) is 35.2. The predicted molar refractivity (Wildman–Crippen MR) is 100 cm³/mol. The van der Waals surface area contributed by atoms with Gasteiger partial charge in [-0.25, -0.2) is 4.99 Å². The molecule has 0 aliphatic carbocycles. The fraction of sp³-hybridized carbons (Fsp3) is 0.250. The van der Waals surface area contributed by atoms with Crippen LogP contribution in [0.15, 0.2) is 53.5 Å². The van der Waals surface area contributed by atoms with Gasteiger partial charge in [0.25, 0.3) is 0 Å². The van der Waals surface area contributed by atoms with Crippen LogP contribution in [0.1, 0.15) is 12.1 Å². The van der Waals surface area contributed by atoms with E-state index in [1.807, 2.05) is 48.5 Å². The third-order valence-corrected chi connectivity index (χ3v) is 4.68. The van der Waals surface area contributed by atoms with Gasteiger partial charge in [-0.15, -0.1) is 0 Å². The zero-order valence-electron chi connectivity index (χ0n) is 14.2. The Morgan fingerprint density at radius 1 is 1.12 bits per heavy atom. The number of para-hydroxylation sites is 2. The van der Waals surface area contributed by atoms with E-state index >= 15 is 0 Å². The Hall–Kier alpha value is -2.67. The normalized spacial score (nSPS) is 17.2.